The first kappa shape index (κ1) is 29.1. The summed E-state index contributed by atoms with van der Waals surface area (Å²) in [6.45, 7) is 0. The molecule has 0 atom stereocenters. The van der Waals surface area contributed by atoms with Gasteiger partial charge < -0.3 is 4.42 Å². The Bertz CT molecular complexity index is 2960. The Kier molecular flexibility index (Phi) is 6.81. The lowest BCUT2D eigenvalue weighted by molar-refractivity contribution is 0.669. The summed E-state index contributed by atoms with van der Waals surface area (Å²) in [6, 6.07) is 57.5. The molecule has 10 rings (SSSR count). The Morgan fingerprint density at radius 1 is 0.412 bits per heavy atom. The van der Waals surface area contributed by atoms with E-state index in [9.17, 15) is 0 Å². The second-order valence-electron chi connectivity index (χ2n) is 13.0. The van der Waals surface area contributed by atoms with Crippen LogP contribution < -0.4 is 0 Å². The van der Waals surface area contributed by atoms with Crippen LogP contribution in [0.15, 0.2) is 196 Å². The van der Waals surface area contributed by atoms with Crippen LogP contribution in [-0.4, -0.2) is 11.5 Å². The van der Waals surface area contributed by atoms with Crippen molar-refractivity contribution in [1.29, 1.82) is 0 Å². The highest BCUT2D eigenvalue weighted by Crippen LogP contribution is 2.38. The lowest BCUT2D eigenvalue weighted by Crippen LogP contribution is -2.07. The summed E-state index contributed by atoms with van der Waals surface area (Å²) >= 11 is 0. The highest BCUT2D eigenvalue weighted by Gasteiger charge is 2.19. The van der Waals surface area contributed by atoms with E-state index in [2.05, 4.69) is 152 Å². The molecule has 0 aliphatic carbocycles. The summed E-state index contributed by atoms with van der Waals surface area (Å²) in [4.78, 5) is 10.8. The molecule has 8 aromatic carbocycles. The molecule has 1 aliphatic heterocycles. The fourth-order valence-electron chi connectivity index (χ4n) is 7.43. The molecule has 3 heteroatoms. The van der Waals surface area contributed by atoms with E-state index in [4.69, 9.17) is 14.4 Å². The molecule has 3 nitrogen and oxygen atoms in total. The number of allylic oxidation sites excluding steroid dienone is 3. The van der Waals surface area contributed by atoms with E-state index in [-0.39, 0.29) is 0 Å². The second-order valence-corrected chi connectivity index (χ2v) is 13.0. The first-order valence-electron chi connectivity index (χ1n) is 17.2. The van der Waals surface area contributed by atoms with Crippen molar-refractivity contribution in [2.24, 2.45) is 9.98 Å². The minimum Gasteiger partial charge on any atom is -0.456 e. The highest BCUT2D eigenvalue weighted by molar-refractivity contribution is 6.25. The number of nitrogens with zero attached hydrogens (tertiary/aromatic N) is 2. The van der Waals surface area contributed by atoms with Crippen LogP contribution in [0.4, 0.5) is 0 Å². The van der Waals surface area contributed by atoms with Gasteiger partial charge in [0.2, 0.25) is 0 Å². The molecule has 0 amide bonds. The molecule has 0 saturated heterocycles. The van der Waals surface area contributed by atoms with Crippen molar-refractivity contribution in [3.8, 4) is 11.1 Å². The van der Waals surface area contributed by atoms with Crippen LogP contribution >= 0.6 is 0 Å². The van der Waals surface area contributed by atoms with Gasteiger partial charge in [0.05, 0.1) is 11.4 Å². The molecule has 0 radical (unpaired) electrons. The summed E-state index contributed by atoms with van der Waals surface area (Å²) in [5, 5.41) is 9.22. The van der Waals surface area contributed by atoms with Crippen molar-refractivity contribution in [3.05, 3.63) is 199 Å². The molecule has 0 bridgehead atoms. The monoisotopic (exact) mass is 650 g/mol. The Balaban J connectivity index is 1.21. The van der Waals surface area contributed by atoms with Gasteiger partial charge in [-0.1, -0.05) is 140 Å². The summed E-state index contributed by atoms with van der Waals surface area (Å²) < 4.78 is 6.50. The Hall–Kier alpha value is -6.84. The molecule has 238 valence electrons. The third-order valence-electron chi connectivity index (χ3n) is 9.89. The van der Waals surface area contributed by atoms with Crippen LogP contribution in [0.3, 0.4) is 0 Å². The molecule has 1 aliphatic rings. The molecule has 9 aromatic rings. The minimum atomic E-state index is 0.631. The number of fused-ring (bicyclic) bond motifs is 7. The standard InChI is InChI=1S/C48H30N2O/c1-2-13-32(14-3-1)43-21-11-22-44(41-30-36-16-6-7-17-37(36)38-18-8-9-19-39(38)41)50-48(49-43)40-20-10-23-46-47(40)42-29-35(26-27-45(42)51-46)34-25-24-31-12-4-5-15-33(31)28-34/h1-30H. The Morgan fingerprint density at radius 2 is 1.14 bits per heavy atom. The Morgan fingerprint density at radius 3 is 2.02 bits per heavy atom. The van der Waals surface area contributed by atoms with Gasteiger partial charge in [-0.05, 0) is 85.9 Å². The van der Waals surface area contributed by atoms with E-state index in [0.717, 1.165) is 66.6 Å². The van der Waals surface area contributed by atoms with Gasteiger partial charge in [-0.3, -0.25) is 0 Å². The van der Waals surface area contributed by atoms with Gasteiger partial charge in [-0.25, -0.2) is 9.98 Å². The quantitative estimate of drug-likeness (QED) is 0.175. The van der Waals surface area contributed by atoms with Crippen LogP contribution in [0.5, 0.6) is 0 Å². The van der Waals surface area contributed by atoms with Gasteiger partial charge >= 0.3 is 0 Å². The second kappa shape index (κ2) is 11.9. The van der Waals surface area contributed by atoms with Gasteiger partial charge in [0.1, 0.15) is 11.2 Å². The summed E-state index contributed by atoms with van der Waals surface area (Å²) in [6.07, 6.45) is 6.26. The lowest BCUT2D eigenvalue weighted by Gasteiger charge is -2.14. The zero-order chi connectivity index (χ0) is 33.7. The van der Waals surface area contributed by atoms with E-state index in [1.165, 1.54) is 26.9 Å². The van der Waals surface area contributed by atoms with Crippen molar-refractivity contribution in [2.75, 3.05) is 0 Å². The SMILES string of the molecule is C1=CC(c2ccccc2)=NC(c2cccc3oc4ccc(-c5ccc6ccccc6c5)cc4c23)=NC(c2cc3ccccc3c3ccccc23)=C1. The summed E-state index contributed by atoms with van der Waals surface area (Å²) in [5.74, 6) is 0.631. The molecule has 0 unspecified atom stereocenters. The smallest absolute Gasteiger partial charge is 0.161 e. The topological polar surface area (TPSA) is 37.9 Å². The van der Waals surface area contributed by atoms with Crippen molar-refractivity contribution in [2.45, 2.75) is 0 Å². The van der Waals surface area contributed by atoms with Gasteiger partial charge in [0.25, 0.3) is 0 Å². The fraction of sp³-hybridized carbons (Fsp3) is 0. The number of amidine groups is 1. The largest absolute Gasteiger partial charge is 0.456 e. The number of hydrogen-bond acceptors (Lipinski definition) is 3. The number of rotatable bonds is 4. The van der Waals surface area contributed by atoms with E-state index in [0.29, 0.717) is 5.84 Å². The van der Waals surface area contributed by atoms with Crippen LogP contribution in [0.2, 0.25) is 0 Å². The molecule has 0 saturated carbocycles. The van der Waals surface area contributed by atoms with Crippen molar-refractivity contribution in [3.63, 3.8) is 0 Å². The normalized spacial score (nSPS) is 13.4. The molecule has 0 spiro atoms. The zero-order valence-corrected chi connectivity index (χ0v) is 27.6. The van der Waals surface area contributed by atoms with Gasteiger partial charge in [-0.2, -0.15) is 0 Å². The first-order chi connectivity index (χ1) is 25.3. The summed E-state index contributed by atoms with van der Waals surface area (Å²) in [5.41, 5.74) is 8.62. The average Bonchev–Trinajstić information content (AvgIpc) is 3.56. The molecule has 0 fully saturated rings. The van der Waals surface area contributed by atoms with Crippen molar-refractivity contribution >= 4 is 71.5 Å². The molecule has 1 aromatic heterocycles. The first-order valence-corrected chi connectivity index (χ1v) is 17.2. The van der Waals surface area contributed by atoms with Gasteiger partial charge in [0.15, 0.2) is 5.84 Å². The van der Waals surface area contributed by atoms with Crippen LogP contribution in [-0.2, 0) is 0 Å². The molecule has 0 N–H and O–H groups in total. The minimum absolute atomic E-state index is 0.631. The predicted octanol–water partition coefficient (Wildman–Crippen LogP) is 12.6. The van der Waals surface area contributed by atoms with Gasteiger partial charge in [0, 0.05) is 27.5 Å². The maximum absolute atomic E-state index is 6.50. The number of benzene rings is 8. The predicted molar refractivity (Wildman–Crippen MR) is 215 cm³/mol. The maximum atomic E-state index is 6.50. The van der Waals surface area contributed by atoms with Crippen LogP contribution in [0.1, 0.15) is 16.7 Å². The number of hydrogen-bond donors (Lipinski definition) is 0. The zero-order valence-electron chi connectivity index (χ0n) is 27.6. The number of aliphatic imine (C=N–C) groups is 2. The van der Waals surface area contributed by atoms with E-state index in [1.807, 2.05) is 30.3 Å². The van der Waals surface area contributed by atoms with Gasteiger partial charge in [-0.15, -0.1) is 0 Å². The fourth-order valence-corrected chi connectivity index (χ4v) is 7.43. The van der Waals surface area contributed by atoms with Crippen LogP contribution in [0, 0.1) is 0 Å². The van der Waals surface area contributed by atoms with E-state index in [1.54, 1.807) is 0 Å². The molecule has 2 heterocycles. The molecule has 51 heavy (non-hydrogen) atoms. The van der Waals surface area contributed by atoms with Crippen LogP contribution in [0.25, 0.3) is 71.1 Å². The number of furan rings is 1. The van der Waals surface area contributed by atoms with E-state index >= 15 is 0 Å². The third-order valence-corrected chi connectivity index (χ3v) is 9.89. The molecular formula is C48H30N2O. The van der Waals surface area contributed by atoms with Crippen molar-refractivity contribution in [1.82, 2.24) is 0 Å². The third kappa shape index (κ3) is 5.06. The Labute approximate surface area is 294 Å². The van der Waals surface area contributed by atoms with Crippen molar-refractivity contribution < 1.29 is 4.42 Å². The lowest BCUT2D eigenvalue weighted by atomic mass is 9.95. The summed E-state index contributed by atoms with van der Waals surface area (Å²) in [7, 11) is 0. The highest BCUT2D eigenvalue weighted by atomic mass is 16.3. The molecular weight excluding hydrogens is 621 g/mol. The average molecular weight is 651 g/mol. The van der Waals surface area contributed by atoms with E-state index < -0.39 is 0 Å². The maximum Gasteiger partial charge on any atom is 0.161 e.